The molecule has 0 rings (SSSR count). The molecule has 0 bridgehead atoms. The molecule has 1 unspecified atom stereocenters. The van der Waals surface area contributed by atoms with Crippen LogP contribution in [0.1, 0.15) is 48.5 Å². The van der Waals surface area contributed by atoms with Crippen molar-refractivity contribution in [3.63, 3.8) is 0 Å². The van der Waals surface area contributed by atoms with E-state index in [2.05, 4.69) is 20.8 Å². The first-order chi connectivity index (χ1) is 6.49. The Labute approximate surface area is 93.8 Å². The van der Waals surface area contributed by atoms with Crippen molar-refractivity contribution in [3.05, 3.63) is 0 Å². The van der Waals surface area contributed by atoms with Crippen LogP contribution in [0.15, 0.2) is 0 Å². The van der Waals surface area contributed by atoms with Gasteiger partial charge in [0.05, 0.1) is 6.00 Å². The number of hydrogen-bond donors (Lipinski definition) is 0. The minimum absolute atomic E-state index is 0.111. The van der Waals surface area contributed by atoms with Crippen LogP contribution in [0.2, 0.25) is 5.31 Å². The van der Waals surface area contributed by atoms with Crippen LogP contribution in [0.4, 0.5) is 4.79 Å². The summed E-state index contributed by atoms with van der Waals surface area (Å²) in [7, 11) is 0.826. The molecular weight excluding hydrogens is 191 g/mol. The fourth-order valence-corrected chi connectivity index (χ4v) is 1.34. The van der Waals surface area contributed by atoms with Gasteiger partial charge in [-0.15, -0.1) is 0 Å². The van der Waals surface area contributed by atoms with Crippen molar-refractivity contribution in [2.45, 2.75) is 65.4 Å². The summed E-state index contributed by atoms with van der Waals surface area (Å²) >= 11 is 0. The Morgan fingerprint density at radius 3 is 1.93 bits per heavy atom. The lowest BCUT2D eigenvalue weighted by Crippen LogP contribution is -2.31. The zero-order valence-corrected chi connectivity index (χ0v) is 11.0. The third-order valence-electron chi connectivity index (χ3n) is 1.59. The van der Waals surface area contributed by atoms with Gasteiger partial charge in [0.25, 0.3) is 0 Å². The Morgan fingerprint density at radius 1 is 1.13 bits per heavy atom. The SMILES string of the molecule is CC(BC(C)(C)C)OC(=O)OC(C)(C)C. The van der Waals surface area contributed by atoms with E-state index in [-0.39, 0.29) is 11.3 Å². The molecule has 0 fully saturated rings. The maximum atomic E-state index is 11.3. The highest BCUT2D eigenvalue weighted by atomic mass is 16.7. The van der Waals surface area contributed by atoms with Gasteiger partial charge in [0, 0.05) is 0 Å². The molecule has 0 aromatic rings. The second-order valence-corrected chi connectivity index (χ2v) is 6.16. The van der Waals surface area contributed by atoms with Crippen LogP contribution in [-0.2, 0) is 9.47 Å². The van der Waals surface area contributed by atoms with Crippen molar-refractivity contribution < 1.29 is 14.3 Å². The number of carbonyl (C=O) groups is 1. The summed E-state index contributed by atoms with van der Waals surface area (Å²) < 4.78 is 10.2. The van der Waals surface area contributed by atoms with E-state index in [0.717, 1.165) is 7.28 Å². The van der Waals surface area contributed by atoms with E-state index in [1.54, 1.807) is 0 Å². The standard InChI is InChI=1S/C11H23BO3/c1-8(12-10(2,3)4)14-9(13)15-11(5,6)7/h8,12H,1-7H3. The molecule has 0 aliphatic carbocycles. The fraction of sp³-hybridized carbons (Fsp3) is 0.909. The van der Waals surface area contributed by atoms with Crippen molar-refractivity contribution in [3.8, 4) is 0 Å². The first-order valence-electron chi connectivity index (χ1n) is 5.39. The third kappa shape index (κ3) is 9.63. The van der Waals surface area contributed by atoms with Gasteiger partial charge >= 0.3 is 6.16 Å². The first kappa shape index (κ1) is 14.3. The van der Waals surface area contributed by atoms with Crippen LogP contribution < -0.4 is 0 Å². The lowest BCUT2D eigenvalue weighted by atomic mass is 9.52. The van der Waals surface area contributed by atoms with Crippen LogP contribution >= 0.6 is 0 Å². The highest BCUT2D eigenvalue weighted by molar-refractivity contribution is 6.41. The highest BCUT2D eigenvalue weighted by Crippen LogP contribution is 2.22. The lowest BCUT2D eigenvalue weighted by Gasteiger charge is -2.24. The molecule has 0 saturated carbocycles. The molecule has 1 atom stereocenters. The van der Waals surface area contributed by atoms with Crippen LogP contribution in [0.25, 0.3) is 0 Å². The molecule has 0 heterocycles. The zero-order chi connectivity index (χ0) is 12.3. The molecule has 0 N–H and O–H groups in total. The van der Waals surface area contributed by atoms with Gasteiger partial charge < -0.3 is 9.47 Å². The average Bonchev–Trinajstić information content (AvgIpc) is 1.73. The van der Waals surface area contributed by atoms with Crippen LogP contribution in [-0.4, -0.2) is 25.0 Å². The molecule has 3 nitrogen and oxygen atoms in total. The van der Waals surface area contributed by atoms with E-state index in [9.17, 15) is 4.79 Å². The zero-order valence-electron chi connectivity index (χ0n) is 11.0. The summed E-state index contributed by atoms with van der Waals surface area (Å²) in [6.45, 7) is 13.7. The number of rotatable bonds is 2. The predicted molar refractivity (Wildman–Crippen MR) is 63.6 cm³/mol. The Kier molecular flexibility index (Phi) is 4.69. The van der Waals surface area contributed by atoms with E-state index in [1.807, 2.05) is 27.7 Å². The highest BCUT2D eigenvalue weighted by Gasteiger charge is 2.23. The summed E-state index contributed by atoms with van der Waals surface area (Å²) in [5, 5.41) is 0.154. The average molecular weight is 214 g/mol. The largest absolute Gasteiger partial charge is 0.508 e. The molecule has 15 heavy (non-hydrogen) atoms. The molecule has 0 aromatic carbocycles. The molecule has 4 heteroatoms. The topological polar surface area (TPSA) is 35.5 Å². The fourth-order valence-electron chi connectivity index (χ4n) is 1.34. The first-order valence-corrected chi connectivity index (χ1v) is 5.39. The summed E-state index contributed by atoms with van der Waals surface area (Å²) in [6, 6.07) is -0.111. The van der Waals surface area contributed by atoms with Gasteiger partial charge in [0.15, 0.2) is 7.28 Å². The van der Waals surface area contributed by atoms with E-state index in [4.69, 9.17) is 9.47 Å². The van der Waals surface area contributed by atoms with Crippen molar-refractivity contribution in [1.82, 2.24) is 0 Å². The Morgan fingerprint density at radius 2 is 1.60 bits per heavy atom. The number of hydrogen-bond acceptors (Lipinski definition) is 3. The van der Waals surface area contributed by atoms with Crippen LogP contribution in [0.3, 0.4) is 0 Å². The second kappa shape index (κ2) is 4.91. The van der Waals surface area contributed by atoms with E-state index in [1.165, 1.54) is 0 Å². The molecule has 0 amide bonds. The minimum Gasteiger partial charge on any atom is -0.441 e. The minimum atomic E-state index is -0.584. The van der Waals surface area contributed by atoms with Gasteiger partial charge in [0.1, 0.15) is 5.60 Å². The normalized spacial score (nSPS) is 14.3. The molecule has 0 radical (unpaired) electrons. The van der Waals surface area contributed by atoms with Gasteiger partial charge in [0.2, 0.25) is 0 Å². The molecule has 0 aromatic heterocycles. The maximum absolute atomic E-state index is 11.3. The molecule has 88 valence electrons. The second-order valence-electron chi connectivity index (χ2n) is 6.16. The summed E-state index contributed by atoms with van der Waals surface area (Å²) in [5.74, 6) is 0. The summed E-state index contributed by atoms with van der Waals surface area (Å²) in [6.07, 6.45) is -0.584. The van der Waals surface area contributed by atoms with Crippen LogP contribution in [0.5, 0.6) is 0 Å². The monoisotopic (exact) mass is 214 g/mol. The van der Waals surface area contributed by atoms with E-state index < -0.39 is 11.8 Å². The number of carbonyl (C=O) groups excluding carboxylic acids is 1. The molecule has 0 aliphatic rings. The van der Waals surface area contributed by atoms with Crippen molar-refractivity contribution in [1.29, 1.82) is 0 Å². The maximum Gasteiger partial charge on any atom is 0.508 e. The van der Waals surface area contributed by atoms with Gasteiger partial charge in [-0.2, -0.15) is 0 Å². The predicted octanol–water partition coefficient (Wildman–Crippen LogP) is 2.94. The molecule has 0 spiro atoms. The molecule has 0 aliphatic heterocycles. The van der Waals surface area contributed by atoms with E-state index >= 15 is 0 Å². The molecule has 0 saturated heterocycles. The number of ether oxygens (including phenoxy) is 2. The Hall–Kier alpha value is -0.665. The van der Waals surface area contributed by atoms with Gasteiger partial charge in [-0.1, -0.05) is 26.1 Å². The Balaban J connectivity index is 3.98. The smallest absolute Gasteiger partial charge is 0.441 e. The Bertz CT molecular complexity index is 213. The summed E-state index contributed by atoms with van der Waals surface area (Å²) in [5.41, 5.74) is -0.488. The lowest BCUT2D eigenvalue weighted by molar-refractivity contribution is -0.0115. The van der Waals surface area contributed by atoms with Gasteiger partial charge in [-0.3, -0.25) is 0 Å². The summed E-state index contributed by atoms with van der Waals surface area (Å²) in [4.78, 5) is 11.3. The van der Waals surface area contributed by atoms with Crippen molar-refractivity contribution in [2.75, 3.05) is 0 Å². The van der Waals surface area contributed by atoms with Gasteiger partial charge in [-0.05, 0) is 27.7 Å². The van der Waals surface area contributed by atoms with Crippen molar-refractivity contribution >= 4 is 13.4 Å². The van der Waals surface area contributed by atoms with Crippen molar-refractivity contribution in [2.24, 2.45) is 0 Å². The van der Waals surface area contributed by atoms with E-state index in [0.29, 0.717) is 0 Å². The quantitative estimate of drug-likeness (QED) is 0.523. The van der Waals surface area contributed by atoms with Gasteiger partial charge in [-0.25, -0.2) is 4.79 Å². The molecular formula is C11H23BO3. The van der Waals surface area contributed by atoms with Crippen LogP contribution in [0, 0.1) is 0 Å². The third-order valence-corrected chi connectivity index (χ3v) is 1.59.